The van der Waals surface area contributed by atoms with Crippen LogP contribution in [-0.4, -0.2) is 13.1 Å². The zero-order chi connectivity index (χ0) is 17.8. The van der Waals surface area contributed by atoms with Crippen molar-refractivity contribution in [2.75, 3.05) is 12.4 Å². The van der Waals surface area contributed by atoms with Gasteiger partial charge in [0.15, 0.2) is 0 Å². The van der Waals surface area contributed by atoms with Gasteiger partial charge in [0, 0.05) is 5.69 Å². The van der Waals surface area contributed by atoms with E-state index in [-0.39, 0.29) is 11.6 Å². The van der Waals surface area contributed by atoms with Crippen LogP contribution in [0.1, 0.15) is 52.7 Å². The monoisotopic (exact) mass is 348 g/mol. The number of carbonyl (C=O) groups excluding carboxylic acids is 1. The lowest BCUT2D eigenvalue weighted by molar-refractivity contribution is -0.255. The molecule has 2 aliphatic carbocycles. The second-order valence-electron chi connectivity index (χ2n) is 7.92. The third-order valence-corrected chi connectivity index (χ3v) is 6.78. The summed E-state index contributed by atoms with van der Waals surface area (Å²) < 4.78 is 5.43. The summed E-state index contributed by atoms with van der Waals surface area (Å²) in [6.07, 6.45) is 3.79. The van der Waals surface area contributed by atoms with Crippen LogP contribution in [0, 0.1) is 17.8 Å². The molecule has 134 valence electrons. The standard InChI is InChI=1S/C22H23NO3/c1-26-16-4-2-3-14(10-16)21-20-13-6-5-12(9-13)19(20)17-11-15(22(24)25)7-8-18(17)23-21/h2-4,7-8,10-13,19-21,23H,5-6,9H2,1H3,(H,24,25)/p-1/t12-,13+,19+,20+,21-/m0/s1. The molecule has 0 saturated heterocycles. The van der Waals surface area contributed by atoms with Gasteiger partial charge in [0.25, 0.3) is 0 Å². The summed E-state index contributed by atoms with van der Waals surface area (Å²) in [6.45, 7) is 0. The highest BCUT2D eigenvalue weighted by molar-refractivity contribution is 5.87. The first-order chi connectivity index (χ1) is 12.7. The van der Waals surface area contributed by atoms with Crippen LogP contribution in [0.3, 0.4) is 0 Å². The summed E-state index contributed by atoms with van der Waals surface area (Å²) in [5.74, 6) is 2.08. The molecule has 4 nitrogen and oxygen atoms in total. The van der Waals surface area contributed by atoms with Gasteiger partial charge < -0.3 is 20.0 Å². The SMILES string of the molecule is COc1cccc([C@@H]2Nc3ccc(C(=O)[O-])cc3[C@H]3[C@H]4CC[C@H](C4)[C@H]32)c1. The molecule has 4 heteroatoms. The van der Waals surface area contributed by atoms with Crippen LogP contribution in [0.5, 0.6) is 5.75 Å². The summed E-state index contributed by atoms with van der Waals surface area (Å²) in [7, 11) is 1.70. The molecule has 1 aliphatic heterocycles. The summed E-state index contributed by atoms with van der Waals surface area (Å²) >= 11 is 0. The minimum absolute atomic E-state index is 0.242. The summed E-state index contributed by atoms with van der Waals surface area (Å²) in [6, 6.07) is 14.0. The van der Waals surface area contributed by atoms with Crippen LogP contribution in [0.4, 0.5) is 5.69 Å². The molecule has 0 aromatic heterocycles. The highest BCUT2D eigenvalue weighted by Gasteiger charge is 2.53. The van der Waals surface area contributed by atoms with Crippen molar-refractivity contribution in [1.82, 2.24) is 0 Å². The molecule has 26 heavy (non-hydrogen) atoms. The Morgan fingerprint density at radius 1 is 1.15 bits per heavy atom. The molecule has 0 unspecified atom stereocenters. The number of benzene rings is 2. The number of methoxy groups -OCH3 is 1. The number of fused-ring (bicyclic) bond motifs is 7. The predicted molar refractivity (Wildman–Crippen MR) is 97.2 cm³/mol. The molecule has 3 aliphatic rings. The summed E-state index contributed by atoms with van der Waals surface area (Å²) in [4.78, 5) is 11.3. The van der Waals surface area contributed by atoms with E-state index < -0.39 is 5.97 Å². The van der Waals surface area contributed by atoms with Gasteiger partial charge in [-0.3, -0.25) is 0 Å². The van der Waals surface area contributed by atoms with Gasteiger partial charge in [-0.25, -0.2) is 0 Å². The molecule has 1 heterocycles. The Kier molecular flexibility index (Phi) is 3.49. The average Bonchev–Trinajstić information content (AvgIpc) is 3.29. The Morgan fingerprint density at radius 3 is 2.81 bits per heavy atom. The van der Waals surface area contributed by atoms with Crippen LogP contribution < -0.4 is 15.2 Å². The van der Waals surface area contributed by atoms with E-state index in [4.69, 9.17) is 4.74 Å². The van der Waals surface area contributed by atoms with Crippen molar-refractivity contribution in [3.8, 4) is 5.75 Å². The van der Waals surface area contributed by atoms with E-state index >= 15 is 0 Å². The molecule has 1 N–H and O–H groups in total. The van der Waals surface area contributed by atoms with Crippen molar-refractivity contribution >= 4 is 11.7 Å². The van der Waals surface area contributed by atoms with Gasteiger partial charge in [-0.05, 0) is 83.9 Å². The van der Waals surface area contributed by atoms with Gasteiger partial charge in [0.1, 0.15) is 5.75 Å². The maximum Gasteiger partial charge on any atom is 0.119 e. The van der Waals surface area contributed by atoms with E-state index in [2.05, 4.69) is 17.4 Å². The lowest BCUT2D eigenvalue weighted by Gasteiger charge is -2.43. The Labute approximate surface area is 153 Å². The van der Waals surface area contributed by atoms with Crippen molar-refractivity contribution in [2.24, 2.45) is 17.8 Å². The lowest BCUT2D eigenvalue weighted by atomic mass is 9.68. The topological polar surface area (TPSA) is 61.4 Å². The van der Waals surface area contributed by atoms with Gasteiger partial charge in [-0.15, -0.1) is 0 Å². The molecule has 0 amide bonds. The van der Waals surface area contributed by atoms with Crippen molar-refractivity contribution in [2.45, 2.75) is 31.2 Å². The van der Waals surface area contributed by atoms with E-state index in [1.165, 1.54) is 30.4 Å². The molecule has 5 atom stereocenters. The molecule has 0 spiro atoms. The Bertz CT molecular complexity index is 877. The zero-order valence-electron chi connectivity index (χ0n) is 14.8. The predicted octanol–water partition coefficient (Wildman–Crippen LogP) is 3.36. The van der Waals surface area contributed by atoms with Gasteiger partial charge in [0.05, 0.1) is 19.1 Å². The molecule has 2 aromatic carbocycles. The number of rotatable bonds is 3. The Morgan fingerprint density at radius 2 is 2.00 bits per heavy atom. The fraction of sp³-hybridized carbons (Fsp3) is 0.409. The Hall–Kier alpha value is -2.49. The minimum atomic E-state index is -1.09. The first-order valence-electron chi connectivity index (χ1n) is 9.41. The lowest BCUT2D eigenvalue weighted by Crippen LogP contribution is -2.36. The number of hydrogen-bond donors (Lipinski definition) is 1. The second-order valence-corrected chi connectivity index (χ2v) is 7.92. The largest absolute Gasteiger partial charge is 0.545 e. The highest BCUT2D eigenvalue weighted by Crippen LogP contribution is 2.63. The van der Waals surface area contributed by atoms with E-state index in [0.29, 0.717) is 23.7 Å². The zero-order valence-corrected chi connectivity index (χ0v) is 14.8. The molecule has 0 radical (unpaired) electrons. The number of nitrogens with one attached hydrogen (secondary N) is 1. The van der Waals surface area contributed by atoms with Crippen LogP contribution >= 0.6 is 0 Å². The molecule has 2 saturated carbocycles. The van der Waals surface area contributed by atoms with Crippen molar-refractivity contribution < 1.29 is 14.6 Å². The van der Waals surface area contributed by atoms with Crippen LogP contribution in [0.15, 0.2) is 42.5 Å². The molecular formula is C22H22NO3-. The molecular weight excluding hydrogens is 326 g/mol. The van der Waals surface area contributed by atoms with Gasteiger partial charge in [-0.2, -0.15) is 0 Å². The maximum absolute atomic E-state index is 11.3. The number of carboxylic acids is 1. The number of carbonyl (C=O) groups is 1. The van der Waals surface area contributed by atoms with Crippen LogP contribution in [0.25, 0.3) is 0 Å². The molecule has 2 fully saturated rings. The van der Waals surface area contributed by atoms with E-state index in [1.54, 1.807) is 13.2 Å². The first kappa shape index (κ1) is 15.7. The fourth-order valence-corrected chi connectivity index (χ4v) is 5.78. The van der Waals surface area contributed by atoms with Crippen molar-refractivity contribution in [3.05, 3.63) is 59.2 Å². The smallest absolute Gasteiger partial charge is 0.119 e. The highest BCUT2D eigenvalue weighted by atomic mass is 16.5. The fourth-order valence-electron chi connectivity index (χ4n) is 5.78. The van der Waals surface area contributed by atoms with Gasteiger partial charge in [0.2, 0.25) is 0 Å². The van der Waals surface area contributed by atoms with Gasteiger partial charge >= 0.3 is 0 Å². The maximum atomic E-state index is 11.3. The minimum Gasteiger partial charge on any atom is -0.545 e. The quantitative estimate of drug-likeness (QED) is 0.924. The average molecular weight is 348 g/mol. The number of carboxylic acid groups (broad SMARTS) is 1. The number of aromatic carboxylic acids is 1. The van der Waals surface area contributed by atoms with E-state index in [1.807, 2.05) is 24.3 Å². The first-order valence-corrected chi connectivity index (χ1v) is 9.41. The number of hydrogen-bond acceptors (Lipinski definition) is 4. The summed E-state index contributed by atoms with van der Waals surface area (Å²) in [5.41, 5.74) is 3.77. The normalized spacial score (nSPS) is 31.0. The third-order valence-electron chi connectivity index (χ3n) is 6.78. The number of anilines is 1. The van der Waals surface area contributed by atoms with E-state index in [9.17, 15) is 9.90 Å². The third kappa shape index (κ3) is 2.24. The van der Waals surface area contributed by atoms with E-state index in [0.717, 1.165) is 11.4 Å². The Balaban J connectivity index is 1.62. The summed E-state index contributed by atoms with van der Waals surface area (Å²) in [5, 5.41) is 15.1. The second kappa shape index (κ2) is 5.76. The van der Waals surface area contributed by atoms with Crippen molar-refractivity contribution in [3.63, 3.8) is 0 Å². The van der Waals surface area contributed by atoms with Crippen molar-refractivity contribution in [1.29, 1.82) is 0 Å². The number of ether oxygens (including phenoxy) is 1. The molecule has 5 rings (SSSR count). The van der Waals surface area contributed by atoms with Gasteiger partial charge in [-0.1, -0.05) is 18.2 Å². The van der Waals surface area contributed by atoms with Crippen LogP contribution in [-0.2, 0) is 0 Å². The molecule has 2 bridgehead atoms. The molecule has 2 aromatic rings. The van der Waals surface area contributed by atoms with Crippen LogP contribution in [0.2, 0.25) is 0 Å².